The molecule has 12 heteroatoms. The van der Waals surface area contributed by atoms with E-state index in [0.29, 0.717) is 37.3 Å². The molecule has 0 saturated carbocycles. The van der Waals surface area contributed by atoms with Crippen molar-refractivity contribution in [3.05, 3.63) is 17.2 Å². The Morgan fingerprint density at radius 3 is 2.74 bits per heavy atom. The number of carbonyl (C=O) groups is 1. The van der Waals surface area contributed by atoms with E-state index in [1.165, 1.54) is 6.20 Å². The van der Waals surface area contributed by atoms with Crippen LogP contribution in [-0.2, 0) is 4.74 Å². The maximum absolute atomic E-state index is 15.2. The number of piperazine rings is 1. The molecule has 5 fully saturated rings. The fraction of sp³-hybridized carbons (Fsp3) is 0.692. The van der Waals surface area contributed by atoms with E-state index in [1.54, 1.807) is 4.90 Å². The number of piperidine rings is 2. The van der Waals surface area contributed by atoms with E-state index in [9.17, 15) is 9.18 Å². The van der Waals surface area contributed by atoms with Crippen LogP contribution in [0.3, 0.4) is 0 Å². The Labute approximate surface area is 225 Å². The molecule has 5 aliphatic heterocycles. The number of rotatable bonds is 4. The summed E-state index contributed by atoms with van der Waals surface area (Å²) in [7, 11) is 0. The Morgan fingerprint density at radius 1 is 1.21 bits per heavy atom. The van der Waals surface area contributed by atoms with E-state index < -0.39 is 17.6 Å². The molecule has 0 spiro atoms. The van der Waals surface area contributed by atoms with Crippen molar-refractivity contribution in [2.75, 3.05) is 37.7 Å². The van der Waals surface area contributed by atoms with Crippen LogP contribution in [0.25, 0.3) is 10.9 Å². The monoisotopic (exact) mass is 550 g/mol. The summed E-state index contributed by atoms with van der Waals surface area (Å²) >= 11 is 6.01. The van der Waals surface area contributed by atoms with Gasteiger partial charge in [-0.05, 0) is 53.0 Å². The Bertz CT molecular complexity index is 1260. The largest absolute Gasteiger partial charge is 0.461 e. The number of halogens is 3. The van der Waals surface area contributed by atoms with Gasteiger partial charge in [-0.2, -0.15) is 9.97 Å². The smallest absolute Gasteiger partial charge is 0.410 e. The normalized spacial score (nSPS) is 29.3. The lowest BCUT2D eigenvalue weighted by molar-refractivity contribution is 0.000793. The van der Waals surface area contributed by atoms with Gasteiger partial charge in [0.25, 0.3) is 0 Å². The Kier molecular flexibility index (Phi) is 6.29. The predicted molar refractivity (Wildman–Crippen MR) is 138 cm³/mol. The van der Waals surface area contributed by atoms with E-state index >= 15 is 4.39 Å². The topological polar surface area (TPSA) is 83.9 Å². The number of pyridine rings is 1. The molecule has 7 heterocycles. The predicted octanol–water partition coefficient (Wildman–Crippen LogP) is 4.36. The van der Waals surface area contributed by atoms with Crippen molar-refractivity contribution in [1.29, 1.82) is 0 Å². The number of carbonyl (C=O) groups excluding carboxylic acids is 1. The van der Waals surface area contributed by atoms with Crippen molar-refractivity contribution >= 4 is 34.4 Å². The van der Waals surface area contributed by atoms with Gasteiger partial charge < -0.3 is 19.3 Å². The molecule has 2 aromatic rings. The minimum absolute atomic E-state index is 0.0302. The number of alkyl halides is 1. The van der Waals surface area contributed by atoms with E-state index in [1.807, 2.05) is 20.8 Å². The number of aromatic nitrogens is 3. The maximum Gasteiger partial charge on any atom is 0.410 e. The third kappa shape index (κ3) is 4.51. The highest BCUT2D eigenvalue weighted by atomic mass is 35.5. The summed E-state index contributed by atoms with van der Waals surface area (Å²) in [5.41, 5.74) is -0.934. The van der Waals surface area contributed by atoms with E-state index in [0.717, 1.165) is 32.2 Å². The Hall–Kier alpha value is -2.53. The highest BCUT2D eigenvalue weighted by molar-refractivity contribution is 6.30. The van der Waals surface area contributed by atoms with Gasteiger partial charge in [0.15, 0.2) is 11.0 Å². The van der Waals surface area contributed by atoms with Gasteiger partial charge >= 0.3 is 12.1 Å². The SMILES string of the molecule is CC(C)(C)OC(=O)N1CC2CCC1CN2c1nc(OC[C@@]23CCCN2C[C@H](F)C3)nc2c(F)c(Cl)ncc12. The lowest BCUT2D eigenvalue weighted by atomic mass is 9.91. The summed E-state index contributed by atoms with van der Waals surface area (Å²) in [6.07, 6.45) is 4.20. The minimum atomic E-state index is -0.883. The average Bonchev–Trinajstić information content (AvgIpc) is 3.39. The molecule has 5 aliphatic rings. The van der Waals surface area contributed by atoms with Crippen LogP contribution in [0.15, 0.2) is 6.20 Å². The number of hydrogen-bond acceptors (Lipinski definition) is 8. The molecule has 0 radical (unpaired) electrons. The van der Waals surface area contributed by atoms with Crippen molar-refractivity contribution in [1.82, 2.24) is 24.8 Å². The van der Waals surface area contributed by atoms with Crippen LogP contribution < -0.4 is 9.64 Å². The number of fused-ring (bicyclic) bond motifs is 5. The van der Waals surface area contributed by atoms with Crippen LogP contribution in [0.4, 0.5) is 19.4 Å². The number of amides is 1. The zero-order chi connectivity index (χ0) is 26.8. The number of nitrogens with zero attached hydrogens (tertiary/aromatic N) is 6. The van der Waals surface area contributed by atoms with Crippen LogP contribution in [0.1, 0.15) is 52.9 Å². The van der Waals surface area contributed by atoms with E-state index in [2.05, 4.69) is 19.8 Å². The van der Waals surface area contributed by atoms with Gasteiger partial charge in [-0.15, -0.1) is 0 Å². The lowest BCUT2D eigenvalue weighted by Crippen LogP contribution is -2.64. The van der Waals surface area contributed by atoms with Gasteiger partial charge in [0, 0.05) is 38.3 Å². The molecule has 2 bridgehead atoms. The zero-order valence-corrected chi connectivity index (χ0v) is 22.7. The van der Waals surface area contributed by atoms with Gasteiger partial charge in [-0.25, -0.2) is 18.6 Å². The molecular formula is C26H33ClF2N6O3. The molecule has 5 saturated heterocycles. The third-order valence-electron chi connectivity index (χ3n) is 8.26. The Balaban J connectivity index is 1.30. The van der Waals surface area contributed by atoms with Gasteiger partial charge in [-0.3, -0.25) is 4.90 Å². The molecule has 206 valence electrons. The average molecular weight is 551 g/mol. The van der Waals surface area contributed by atoms with Crippen LogP contribution in [-0.4, -0.2) is 93.0 Å². The second-order valence-corrected chi connectivity index (χ2v) is 12.3. The highest BCUT2D eigenvalue weighted by Crippen LogP contribution is 2.41. The molecule has 38 heavy (non-hydrogen) atoms. The first-order valence-corrected chi connectivity index (χ1v) is 13.7. The standard InChI is InChI=1S/C26H33ClF2N6O3/c1-25(2,3)38-24(36)35-13-16-5-6-17(35)12-34(16)22-18-10-30-21(27)19(29)20(18)31-23(32-22)37-14-26-7-4-8-33(26)11-15(28)9-26/h10,15-17H,4-9,11-14H2,1-3H3/t15-,16?,17?,26+/m1/s1. The molecule has 0 aromatic carbocycles. The number of anilines is 1. The molecule has 4 atom stereocenters. The van der Waals surface area contributed by atoms with Crippen molar-refractivity contribution in [2.45, 2.75) is 82.3 Å². The molecule has 0 aliphatic carbocycles. The van der Waals surface area contributed by atoms with E-state index in [-0.39, 0.29) is 47.0 Å². The summed E-state index contributed by atoms with van der Waals surface area (Å²) in [5, 5.41) is 0.155. The van der Waals surface area contributed by atoms with Crippen LogP contribution in [0.2, 0.25) is 5.15 Å². The number of hydrogen-bond donors (Lipinski definition) is 0. The fourth-order valence-electron chi connectivity index (χ4n) is 6.56. The van der Waals surface area contributed by atoms with Gasteiger partial charge in [-0.1, -0.05) is 11.6 Å². The number of ether oxygens (including phenoxy) is 2. The van der Waals surface area contributed by atoms with Gasteiger partial charge in [0.1, 0.15) is 29.7 Å². The molecule has 1 amide bonds. The first kappa shape index (κ1) is 25.7. The molecule has 0 N–H and O–H groups in total. The molecule has 2 aromatic heterocycles. The summed E-state index contributed by atoms with van der Waals surface area (Å²) < 4.78 is 41.1. The molecule has 9 nitrogen and oxygen atoms in total. The van der Waals surface area contributed by atoms with Crippen molar-refractivity contribution < 1.29 is 23.0 Å². The summed E-state index contributed by atoms with van der Waals surface area (Å²) in [4.78, 5) is 32.0. The lowest BCUT2D eigenvalue weighted by Gasteiger charge is -2.51. The minimum Gasteiger partial charge on any atom is -0.461 e. The highest BCUT2D eigenvalue weighted by Gasteiger charge is 2.49. The van der Waals surface area contributed by atoms with Gasteiger partial charge in [0.05, 0.1) is 17.0 Å². The van der Waals surface area contributed by atoms with Crippen LogP contribution in [0, 0.1) is 5.82 Å². The summed E-state index contributed by atoms with van der Waals surface area (Å²) in [6, 6.07) is -0.0776. The zero-order valence-electron chi connectivity index (χ0n) is 21.9. The molecular weight excluding hydrogens is 518 g/mol. The van der Waals surface area contributed by atoms with Crippen LogP contribution >= 0.6 is 11.6 Å². The fourth-order valence-corrected chi connectivity index (χ4v) is 6.70. The maximum atomic E-state index is 15.2. The second-order valence-electron chi connectivity index (χ2n) is 12.0. The van der Waals surface area contributed by atoms with Crippen molar-refractivity contribution in [3.8, 4) is 6.01 Å². The van der Waals surface area contributed by atoms with Crippen LogP contribution in [0.5, 0.6) is 6.01 Å². The summed E-state index contributed by atoms with van der Waals surface area (Å²) in [5.74, 6) is -0.234. The summed E-state index contributed by atoms with van der Waals surface area (Å²) in [6.45, 7) is 8.03. The quantitative estimate of drug-likeness (QED) is 0.519. The Morgan fingerprint density at radius 2 is 2.00 bits per heavy atom. The third-order valence-corrected chi connectivity index (χ3v) is 8.53. The first-order valence-electron chi connectivity index (χ1n) is 13.3. The van der Waals surface area contributed by atoms with Crippen molar-refractivity contribution in [2.24, 2.45) is 0 Å². The molecule has 2 unspecified atom stereocenters. The second kappa shape index (κ2) is 9.29. The van der Waals surface area contributed by atoms with Gasteiger partial charge in [0.2, 0.25) is 0 Å². The van der Waals surface area contributed by atoms with Crippen molar-refractivity contribution in [3.63, 3.8) is 0 Å². The van der Waals surface area contributed by atoms with E-state index in [4.69, 9.17) is 26.1 Å². The molecule has 7 rings (SSSR count). The first-order chi connectivity index (χ1) is 18.0.